The lowest BCUT2D eigenvalue weighted by molar-refractivity contribution is 0.340. The van der Waals surface area contributed by atoms with E-state index >= 15 is 0 Å². The van der Waals surface area contributed by atoms with Crippen LogP contribution in [-0.2, 0) is 6.16 Å². The Morgan fingerprint density at radius 3 is 2.16 bits per heavy atom. The van der Waals surface area contributed by atoms with Crippen molar-refractivity contribution in [3.8, 4) is 11.5 Å². The first kappa shape index (κ1) is 17.5. The Kier molecular flexibility index (Phi) is 6.09. The maximum absolute atomic E-state index is 5.64. The molecular formula is C22H23O2P. The average Bonchev–Trinajstić information content (AvgIpc) is 2.68. The molecule has 0 aliphatic carbocycles. The Hall–Kier alpha value is -2.31. The number of para-hydroxylation sites is 1. The minimum absolute atomic E-state index is 0.556. The number of benzene rings is 3. The second-order valence-corrected chi connectivity index (χ2v) is 7.84. The molecular weight excluding hydrogens is 327 g/mol. The minimum atomic E-state index is -0.556. The molecule has 0 amide bonds. The molecule has 25 heavy (non-hydrogen) atoms. The Balaban J connectivity index is 1.99. The second-order valence-electron chi connectivity index (χ2n) is 5.67. The van der Waals surface area contributed by atoms with Crippen molar-refractivity contribution in [1.82, 2.24) is 0 Å². The molecule has 0 radical (unpaired) electrons. The minimum Gasteiger partial charge on any atom is -0.496 e. The summed E-state index contributed by atoms with van der Waals surface area (Å²) in [5.41, 5.74) is 1.34. The van der Waals surface area contributed by atoms with Crippen molar-refractivity contribution in [3.05, 3.63) is 84.4 Å². The van der Waals surface area contributed by atoms with Gasteiger partial charge in [-0.2, -0.15) is 0 Å². The summed E-state index contributed by atoms with van der Waals surface area (Å²) in [6, 6.07) is 27.5. The molecule has 0 saturated carbocycles. The summed E-state index contributed by atoms with van der Waals surface area (Å²) in [7, 11) is 1.19. The van der Waals surface area contributed by atoms with Crippen LogP contribution in [0.1, 0.15) is 12.5 Å². The van der Waals surface area contributed by atoms with Gasteiger partial charge in [0.15, 0.2) is 0 Å². The fraction of sp³-hybridized carbons (Fsp3) is 0.182. The average molecular weight is 350 g/mol. The predicted octanol–water partition coefficient (Wildman–Crippen LogP) is 4.73. The third-order valence-electron chi connectivity index (χ3n) is 4.02. The van der Waals surface area contributed by atoms with Crippen LogP contribution in [0.2, 0.25) is 0 Å². The monoisotopic (exact) mass is 350 g/mol. The highest BCUT2D eigenvalue weighted by Crippen LogP contribution is 2.41. The van der Waals surface area contributed by atoms with Gasteiger partial charge in [-0.3, -0.25) is 0 Å². The summed E-state index contributed by atoms with van der Waals surface area (Å²) >= 11 is 0. The summed E-state index contributed by atoms with van der Waals surface area (Å²) in [6.07, 6.45) is 0.991. The standard InChI is InChI=1S/C22H23O2P/c1-3-24-19-13-15-20(16-14-19)25(17-18-9-5-4-6-10-18)22-12-8-7-11-21(22)23-2/h4-16H,3,17H2,1-2H3. The number of rotatable bonds is 7. The van der Waals surface area contributed by atoms with Gasteiger partial charge in [0.1, 0.15) is 11.5 Å². The Morgan fingerprint density at radius 2 is 1.48 bits per heavy atom. The molecule has 0 N–H and O–H groups in total. The van der Waals surface area contributed by atoms with Crippen LogP contribution in [0.4, 0.5) is 0 Å². The molecule has 3 rings (SSSR count). The highest BCUT2D eigenvalue weighted by molar-refractivity contribution is 7.72. The van der Waals surface area contributed by atoms with Crippen LogP contribution >= 0.6 is 7.92 Å². The second kappa shape index (κ2) is 8.69. The molecule has 0 heterocycles. The van der Waals surface area contributed by atoms with Gasteiger partial charge in [-0.05, 0) is 43.9 Å². The van der Waals surface area contributed by atoms with Crippen LogP contribution in [0.5, 0.6) is 11.5 Å². The molecule has 0 spiro atoms. The summed E-state index contributed by atoms with van der Waals surface area (Å²) in [4.78, 5) is 0. The van der Waals surface area contributed by atoms with Gasteiger partial charge in [0.25, 0.3) is 0 Å². The van der Waals surface area contributed by atoms with Crippen molar-refractivity contribution in [1.29, 1.82) is 0 Å². The predicted molar refractivity (Wildman–Crippen MR) is 107 cm³/mol. The first-order chi connectivity index (χ1) is 12.3. The Labute approximate surface area is 151 Å². The van der Waals surface area contributed by atoms with Crippen molar-refractivity contribution in [2.24, 2.45) is 0 Å². The van der Waals surface area contributed by atoms with E-state index in [1.54, 1.807) is 7.11 Å². The highest BCUT2D eigenvalue weighted by Gasteiger charge is 2.18. The van der Waals surface area contributed by atoms with Gasteiger partial charge in [0.2, 0.25) is 0 Å². The van der Waals surface area contributed by atoms with E-state index in [2.05, 4.69) is 66.7 Å². The number of ether oxygens (including phenoxy) is 2. The molecule has 3 aromatic carbocycles. The maximum Gasteiger partial charge on any atom is 0.126 e. The van der Waals surface area contributed by atoms with Crippen LogP contribution in [-0.4, -0.2) is 13.7 Å². The van der Waals surface area contributed by atoms with Crippen molar-refractivity contribution in [3.63, 3.8) is 0 Å². The molecule has 128 valence electrons. The smallest absolute Gasteiger partial charge is 0.126 e. The zero-order valence-corrected chi connectivity index (χ0v) is 15.6. The zero-order chi connectivity index (χ0) is 17.5. The van der Waals surface area contributed by atoms with Crippen LogP contribution < -0.4 is 20.1 Å². The first-order valence-electron chi connectivity index (χ1n) is 8.49. The molecule has 0 bridgehead atoms. The van der Waals surface area contributed by atoms with Gasteiger partial charge < -0.3 is 9.47 Å². The lowest BCUT2D eigenvalue weighted by atomic mass is 10.2. The highest BCUT2D eigenvalue weighted by atomic mass is 31.1. The van der Waals surface area contributed by atoms with E-state index in [1.807, 2.05) is 19.1 Å². The molecule has 1 unspecified atom stereocenters. The summed E-state index contributed by atoms with van der Waals surface area (Å²) < 4.78 is 11.2. The molecule has 2 nitrogen and oxygen atoms in total. The van der Waals surface area contributed by atoms with E-state index in [4.69, 9.17) is 9.47 Å². The quantitative estimate of drug-likeness (QED) is 0.574. The van der Waals surface area contributed by atoms with E-state index < -0.39 is 7.92 Å². The first-order valence-corrected chi connectivity index (χ1v) is 10.0. The summed E-state index contributed by atoms with van der Waals surface area (Å²) in [5.74, 6) is 1.87. The van der Waals surface area contributed by atoms with E-state index in [1.165, 1.54) is 16.2 Å². The summed E-state index contributed by atoms with van der Waals surface area (Å²) in [5, 5.41) is 2.60. The van der Waals surface area contributed by atoms with Gasteiger partial charge in [-0.25, -0.2) is 0 Å². The van der Waals surface area contributed by atoms with Crippen LogP contribution in [0, 0.1) is 0 Å². The lowest BCUT2D eigenvalue weighted by Crippen LogP contribution is -2.15. The SMILES string of the molecule is CCOc1ccc(P(Cc2ccccc2)c2ccccc2OC)cc1. The molecule has 0 saturated heterocycles. The van der Waals surface area contributed by atoms with E-state index in [0.717, 1.165) is 17.7 Å². The van der Waals surface area contributed by atoms with Crippen molar-refractivity contribution < 1.29 is 9.47 Å². The van der Waals surface area contributed by atoms with E-state index in [0.29, 0.717) is 6.61 Å². The molecule has 1 atom stereocenters. The van der Waals surface area contributed by atoms with Crippen molar-refractivity contribution >= 4 is 18.5 Å². The van der Waals surface area contributed by atoms with Crippen LogP contribution in [0.3, 0.4) is 0 Å². The number of hydrogen-bond acceptors (Lipinski definition) is 2. The topological polar surface area (TPSA) is 18.5 Å². The van der Waals surface area contributed by atoms with Crippen LogP contribution in [0.25, 0.3) is 0 Å². The third-order valence-corrected chi connectivity index (χ3v) is 6.57. The van der Waals surface area contributed by atoms with Gasteiger partial charge in [-0.1, -0.05) is 60.7 Å². The maximum atomic E-state index is 5.64. The van der Waals surface area contributed by atoms with E-state index in [9.17, 15) is 0 Å². The van der Waals surface area contributed by atoms with Crippen LogP contribution in [0.15, 0.2) is 78.9 Å². The van der Waals surface area contributed by atoms with E-state index in [-0.39, 0.29) is 0 Å². The molecule has 0 aromatic heterocycles. The largest absolute Gasteiger partial charge is 0.496 e. The van der Waals surface area contributed by atoms with Gasteiger partial charge in [-0.15, -0.1) is 0 Å². The Morgan fingerprint density at radius 1 is 0.800 bits per heavy atom. The van der Waals surface area contributed by atoms with Crippen molar-refractivity contribution in [2.45, 2.75) is 13.1 Å². The van der Waals surface area contributed by atoms with Gasteiger partial charge >= 0.3 is 0 Å². The van der Waals surface area contributed by atoms with Gasteiger partial charge in [0.05, 0.1) is 13.7 Å². The third kappa shape index (κ3) is 4.41. The molecule has 0 aliphatic heterocycles. The fourth-order valence-electron chi connectivity index (χ4n) is 2.82. The normalized spacial score (nSPS) is 11.8. The number of methoxy groups -OCH3 is 1. The zero-order valence-electron chi connectivity index (χ0n) is 14.7. The molecule has 3 aromatic rings. The molecule has 3 heteroatoms. The number of hydrogen-bond donors (Lipinski definition) is 0. The summed E-state index contributed by atoms with van der Waals surface area (Å²) in [6.45, 7) is 2.69. The fourth-order valence-corrected chi connectivity index (χ4v) is 5.24. The van der Waals surface area contributed by atoms with Gasteiger partial charge in [0, 0.05) is 11.5 Å². The Bertz CT molecular complexity index is 785. The van der Waals surface area contributed by atoms with Crippen molar-refractivity contribution in [2.75, 3.05) is 13.7 Å². The lowest BCUT2D eigenvalue weighted by Gasteiger charge is -2.21. The molecule has 0 fully saturated rings. The molecule has 0 aliphatic rings.